The van der Waals surface area contributed by atoms with E-state index in [9.17, 15) is 17.6 Å². The molecule has 5 nitrogen and oxygen atoms in total. The Balaban J connectivity index is 1.76. The topological polar surface area (TPSA) is 63.7 Å². The number of carbonyl (C=O) groups excluding carboxylic acids is 1. The van der Waals surface area contributed by atoms with Crippen molar-refractivity contribution in [1.29, 1.82) is 0 Å². The molecule has 0 unspecified atom stereocenters. The van der Waals surface area contributed by atoms with Crippen molar-refractivity contribution in [1.82, 2.24) is 4.31 Å². The van der Waals surface area contributed by atoms with Gasteiger partial charge in [-0.3, -0.25) is 0 Å². The quantitative estimate of drug-likeness (QED) is 0.723. The van der Waals surface area contributed by atoms with E-state index in [1.54, 1.807) is 0 Å². The van der Waals surface area contributed by atoms with Gasteiger partial charge in [0.25, 0.3) is 0 Å². The summed E-state index contributed by atoms with van der Waals surface area (Å²) in [6.45, 7) is 0.610. The van der Waals surface area contributed by atoms with E-state index in [-0.39, 0.29) is 27.7 Å². The van der Waals surface area contributed by atoms with Crippen LogP contribution in [0.5, 0.6) is 0 Å². The zero-order valence-electron chi connectivity index (χ0n) is 13.8. The van der Waals surface area contributed by atoms with Gasteiger partial charge in [0.2, 0.25) is 10.0 Å². The summed E-state index contributed by atoms with van der Waals surface area (Å²) >= 11 is 5.90. The van der Waals surface area contributed by atoms with Crippen molar-refractivity contribution < 1.29 is 22.3 Å². The highest BCUT2D eigenvalue weighted by atomic mass is 35.5. The molecule has 0 N–H and O–H groups in total. The molecule has 1 saturated heterocycles. The van der Waals surface area contributed by atoms with Gasteiger partial charge >= 0.3 is 5.97 Å². The van der Waals surface area contributed by atoms with Crippen LogP contribution in [-0.4, -0.2) is 31.8 Å². The van der Waals surface area contributed by atoms with Crippen LogP contribution in [0, 0.1) is 5.82 Å². The highest BCUT2D eigenvalue weighted by Crippen LogP contribution is 2.23. The van der Waals surface area contributed by atoms with Gasteiger partial charge < -0.3 is 4.74 Å². The van der Waals surface area contributed by atoms with Crippen LogP contribution in [-0.2, 0) is 21.4 Å². The van der Waals surface area contributed by atoms with Gasteiger partial charge in [-0.25, -0.2) is 17.6 Å². The van der Waals surface area contributed by atoms with Crippen LogP contribution in [0.1, 0.15) is 28.8 Å². The van der Waals surface area contributed by atoms with Gasteiger partial charge in [-0.05, 0) is 43.2 Å². The van der Waals surface area contributed by atoms with Crippen molar-refractivity contribution in [2.24, 2.45) is 0 Å². The van der Waals surface area contributed by atoms with Crippen LogP contribution in [0.25, 0.3) is 0 Å². The lowest BCUT2D eigenvalue weighted by atomic mass is 10.2. The molecule has 2 aromatic rings. The minimum absolute atomic E-state index is 0.0396. The predicted molar refractivity (Wildman–Crippen MR) is 95.0 cm³/mol. The van der Waals surface area contributed by atoms with Crippen molar-refractivity contribution in [3.63, 3.8) is 0 Å². The van der Waals surface area contributed by atoms with Crippen molar-refractivity contribution in [2.45, 2.75) is 24.3 Å². The lowest BCUT2D eigenvalue weighted by molar-refractivity contribution is 0.0469. The second-order valence-corrected chi connectivity index (χ2v) is 8.26. The van der Waals surface area contributed by atoms with Crippen LogP contribution in [0.3, 0.4) is 0 Å². The molecule has 1 fully saturated rings. The minimum Gasteiger partial charge on any atom is -0.457 e. The van der Waals surface area contributed by atoms with Crippen LogP contribution in [0.15, 0.2) is 47.4 Å². The molecule has 0 aromatic heterocycles. The first kappa shape index (κ1) is 18.8. The van der Waals surface area contributed by atoms with Crippen LogP contribution in [0.2, 0.25) is 5.02 Å². The maximum atomic E-state index is 13.7. The number of esters is 1. The van der Waals surface area contributed by atoms with Crippen LogP contribution < -0.4 is 0 Å². The summed E-state index contributed by atoms with van der Waals surface area (Å²) in [7, 11) is -3.63. The maximum absolute atomic E-state index is 13.7. The molecule has 0 saturated carbocycles. The monoisotopic (exact) mass is 397 g/mol. The number of nitrogens with zero attached hydrogens (tertiary/aromatic N) is 1. The number of hydrogen-bond donors (Lipinski definition) is 0. The number of benzene rings is 2. The molecule has 0 spiro atoms. The molecule has 0 amide bonds. The van der Waals surface area contributed by atoms with E-state index in [4.69, 9.17) is 16.3 Å². The second kappa shape index (κ2) is 7.73. The van der Waals surface area contributed by atoms with Gasteiger partial charge in [0.05, 0.1) is 15.5 Å². The molecule has 26 heavy (non-hydrogen) atoms. The molecule has 1 aliphatic rings. The summed E-state index contributed by atoms with van der Waals surface area (Å²) in [6, 6.07) is 9.83. The smallest absolute Gasteiger partial charge is 0.338 e. The molecule has 3 rings (SSSR count). The summed E-state index contributed by atoms with van der Waals surface area (Å²) in [5, 5.41) is 0.156. The van der Waals surface area contributed by atoms with E-state index in [2.05, 4.69) is 0 Å². The van der Waals surface area contributed by atoms with Crippen molar-refractivity contribution in [3.8, 4) is 0 Å². The maximum Gasteiger partial charge on any atom is 0.338 e. The first-order valence-corrected chi connectivity index (χ1v) is 9.91. The van der Waals surface area contributed by atoms with Crippen LogP contribution in [0.4, 0.5) is 4.39 Å². The molecular formula is C18H17ClFNO4S. The molecule has 0 radical (unpaired) electrons. The number of carbonyl (C=O) groups is 1. The Bertz CT molecular complexity index is 906. The average molecular weight is 398 g/mol. The SMILES string of the molecule is O=C(OCc1c(F)cccc1Cl)c1cccc(S(=O)(=O)N2CCCC2)c1. The largest absolute Gasteiger partial charge is 0.457 e. The Kier molecular flexibility index (Phi) is 5.60. The summed E-state index contributed by atoms with van der Waals surface area (Å²) in [5.41, 5.74) is 0.154. The van der Waals surface area contributed by atoms with E-state index in [1.807, 2.05) is 0 Å². The Labute approximate surface area is 156 Å². The van der Waals surface area contributed by atoms with Crippen LogP contribution >= 0.6 is 11.6 Å². The first-order chi connectivity index (χ1) is 12.4. The normalized spacial score (nSPS) is 15.2. The van der Waals surface area contributed by atoms with E-state index < -0.39 is 21.8 Å². The number of sulfonamides is 1. The van der Waals surface area contributed by atoms with E-state index >= 15 is 0 Å². The number of halogens is 2. The number of hydrogen-bond acceptors (Lipinski definition) is 4. The van der Waals surface area contributed by atoms with E-state index in [1.165, 1.54) is 46.8 Å². The molecule has 2 aromatic carbocycles. The fraction of sp³-hybridized carbons (Fsp3) is 0.278. The molecule has 138 valence electrons. The van der Waals surface area contributed by atoms with E-state index in [0.717, 1.165) is 12.8 Å². The first-order valence-electron chi connectivity index (χ1n) is 8.10. The van der Waals surface area contributed by atoms with Gasteiger partial charge in [0.15, 0.2) is 0 Å². The zero-order valence-corrected chi connectivity index (χ0v) is 15.4. The molecular weight excluding hydrogens is 381 g/mol. The summed E-state index contributed by atoms with van der Waals surface area (Å²) in [5.74, 6) is -1.32. The van der Waals surface area contributed by atoms with Gasteiger partial charge in [-0.2, -0.15) is 4.31 Å². The highest BCUT2D eigenvalue weighted by Gasteiger charge is 2.27. The molecule has 8 heteroatoms. The predicted octanol–water partition coefficient (Wildman–Crippen LogP) is 3.62. The lowest BCUT2D eigenvalue weighted by Crippen LogP contribution is -2.28. The van der Waals surface area contributed by atoms with E-state index in [0.29, 0.717) is 13.1 Å². The van der Waals surface area contributed by atoms with Crippen molar-refractivity contribution in [2.75, 3.05) is 13.1 Å². The Morgan fingerprint density at radius 3 is 2.54 bits per heavy atom. The standard InChI is InChI=1S/C18H17ClFNO4S/c19-16-7-4-8-17(20)15(16)12-25-18(22)13-5-3-6-14(11-13)26(23,24)21-9-1-2-10-21/h3-8,11H,1-2,9-10,12H2. The third-order valence-corrected chi connectivity index (χ3v) is 6.43. The zero-order chi connectivity index (χ0) is 18.7. The highest BCUT2D eigenvalue weighted by molar-refractivity contribution is 7.89. The minimum atomic E-state index is -3.63. The van der Waals surface area contributed by atoms with Gasteiger partial charge in [-0.1, -0.05) is 23.7 Å². The summed E-state index contributed by atoms with van der Waals surface area (Å²) in [6.07, 6.45) is 1.65. The second-order valence-electron chi connectivity index (χ2n) is 5.92. The van der Waals surface area contributed by atoms with Crippen molar-refractivity contribution in [3.05, 3.63) is 64.4 Å². The van der Waals surface area contributed by atoms with Gasteiger partial charge in [0.1, 0.15) is 12.4 Å². The fourth-order valence-electron chi connectivity index (χ4n) is 2.75. The molecule has 0 atom stereocenters. The van der Waals surface area contributed by atoms with Gasteiger partial charge in [0, 0.05) is 18.7 Å². The molecule has 1 heterocycles. The number of ether oxygens (including phenoxy) is 1. The Hall–Kier alpha value is -1.96. The third kappa shape index (κ3) is 3.90. The van der Waals surface area contributed by atoms with Gasteiger partial charge in [-0.15, -0.1) is 0 Å². The third-order valence-electron chi connectivity index (χ3n) is 4.18. The molecule has 0 aliphatic carbocycles. The lowest BCUT2D eigenvalue weighted by Gasteiger charge is -2.16. The molecule has 1 aliphatic heterocycles. The number of rotatable bonds is 5. The van der Waals surface area contributed by atoms with Crippen molar-refractivity contribution >= 4 is 27.6 Å². The fourth-order valence-corrected chi connectivity index (χ4v) is 4.53. The average Bonchev–Trinajstić information content (AvgIpc) is 3.17. The molecule has 0 bridgehead atoms. The summed E-state index contributed by atoms with van der Waals surface area (Å²) in [4.78, 5) is 12.3. The Morgan fingerprint density at radius 2 is 1.85 bits per heavy atom. The Morgan fingerprint density at radius 1 is 1.15 bits per heavy atom. The summed E-state index contributed by atoms with van der Waals surface area (Å²) < 4.78 is 45.4.